The molecule has 0 aliphatic carbocycles. The van der Waals surface area contributed by atoms with Crippen LogP contribution in [0.3, 0.4) is 0 Å². The van der Waals surface area contributed by atoms with Crippen molar-refractivity contribution < 1.29 is 23.1 Å². The molecule has 0 unspecified atom stereocenters. The van der Waals surface area contributed by atoms with E-state index < -0.39 is 29.6 Å². The van der Waals surface area contributed by atoms with Crippen molar-refractivity contribution >= 4 is 33.5 Å². The average molecular weight is 384 g/mol. The number of hydrogen-bond donors (Lipinski definition) is 1. The fourth-order valence-electron chi connectivity index (χ4n) is 1.71. The largest absolute Gasteiger partial charge is 0.449 e. The fourth-order valence-corrected chi connectivity index (χ4v) is 2.22. The first-order valence-electron chi connectivity index (χ1n) is 6.59. The Labute approximate surface area is 139 Å². The lowest BCUT2D eigenvalue weighted by Gasteiger charge is -2.14. The molecule has 1 amide bonds. The molecule has 120 valence electrons. The number of esters is 1. The van der Waals surface area contributed by atoms with Gasteiger partial charge in [-0.25, -0.2) is 13.6 Å². The van der Waals surface area contributed by atoms with E-state index in [1.165, 1.54) is 37.3 Å². The highest BCUT2D eigenvalue weighted by atomic mass is 79.9. The summed E-state index contributed by atoms with van der Waals surface area (Å²) in [5, 5.41) is 2.49. The molecule has 0 spiro atoms. The average Bonchev–Trinajstić information content (AvgIpc) is 2.49. The van der Waals surface area contributed by atoms with E-state index in [-0.39, 0.29) is 10.0 Å². The van der Waals surface area contributed by atoms with E-state index in [0.29, 0.717) is 5.69 Å². The number of rotatable bonds is 4. The highest BCUT2D eigenvalue weighted by molar-refractivity contribution is 9.10. The number of anilines is 1. The van der Waals surface area contributed by atoms with Gasteiger partial charge in [0.25, 0.3) is 5.91 Å². The molecular formula is C16H12BrF2NO3. The van der Waals surface area contributed by atoms with Gasteiger partial charge in [-0.1, -0.05) is 0 Å². The standard InChI is InChI=1S/C16H12BrF2NO3/c1-9(15(21)20-12-5-2-10(18)3-6-12)23-16(22)13-7-4-11(19)8-14(13)17/h2-9H,1H3,(H,20,21)/t9-/m1/s1. The maximum absolute atomic E-state index is 13.0. The maximum atomic E-state index is 13.0. The van der Waals surface area contributed by atoms with Crippen molar-refractivity contribution in [3.05, 3.63) is 64.1 Å². The van der Waals surface area contributed by atoms with Crippen LogP contribution in [0.15, 0.2) is 46.9 Å². The van der Waals surface area contributed by atoms with Gasteiger partial charge in [0.1, 0.15) is 11.6 Å². The van der Waals surface area contributed by atoms with Crippen molar-refractivity contribution in [1.29, 1.82) is 0 Å². The summed E-state index contributed by atoms with van der Waals surface area (Å²) >= 11 is 3.06. The van der Waals surface area contributed by atoms with Crippen LogP contribution in [0.2, 0.25) is 0 Å². The van der Waals surface area contributed by atoms with E-state index in [9.17, 15) is 18.4 Å². The van der Waals surface area contributed by atoms with Gasteiger partial charge >= 0.3 is 5.97 Å². The maximum Gasteiger partial charge on any atom is 0.340 e. The summed E-state index contributed by atoms with van der Waals surface area (Å²) < 4.78 is 31.1. The van der Waals surface area contributed by atoms with Gasteiger partial charge in [-0.15, -0.1) is 0 Å². The van der Waals surface area contributed by atoms with Crippen LogP contribution in [0, 0.1) is 11.6 Å². The molecule has 1 N–H and O–H groups in total. The lowest BCUT2D eigenvalue weighted by Crippen LogP contribution is -2.30. The highest BCUT2D eigenvalue weighted by Crippen LogP contribution is 2.19. The second kappa shape index (κ2) is 7.32. The number of hydrogen-bond acceptors (Lipinski definition) is 3. The van der Waals surface area contributed by atoms with Gasteiger partial charge < -0.3 is 10.1 Å². The number of amides is 1. The third kappa shape index (κ3) is 4.59. The van der Waals surface area contributed by atoms with Crippen molar-refractivity contribution in [2.75, 3.05) is 5.32 Å². The molecule has 0 aliphatic heterocycles. The Kier molecular flexibility index (Phi) is 5.44. The lowest BCUT2D eigenvalue weighted by atomic mass is 10.2. The van der Waals surface area contributed by atoms with Crippen molar-refractivity contribution in [2.24, 2.45) is 0 Å². The number of carbonyl (C=O) groups excluding carboxylic acids is 2. The summed E-state index contributed by atoms with van der Waals surface area (Å²) in [7, 11) is 0. The van der Waals surface area contributed by atoms with Crippen LogP contribution in [0.5, 0.6) is 0 Å². The van der Waals surface area contributed by atoms with Crippen LogP contribution in [-0.2, 0) is 9.53 Å². The Morgan fingerprint density at radius 2 is 1.70 bits per heavy atom. The molecule has 2 rings (SSSR count). The minimum absolute atomic E-state index is 0.104. The summed E-state index contributed by atoms with van der Waals surface area (Å²) in [6, 6.07) is 8.66. The zero-order valence-corrected chi connectivity index (χ0v) is 13.6. The van der Waals surface area contributed by atoms with Crippen LogP contribution in [-0.4, -0.2) is 18.0 Å². The smallest absolute Gasteiger partial charge is 0.340 e. The third-order valence-corrected chi connectivity index (χ3v) is 3.57. The number of nitrogens with one attached hydrogen (secondary N) is 1. The fraction of sp³-hybridized carbons (Fsp3) is 0.125. The van der Waals surface area contributed by atoms with Crippen LogP contribution in [0.25, 0.3) is 0 Å². The molecule has 1 atom stereocenters. The van der Waals surface area contributed by atoms with Gasteiger partial charge in [-0.3, -0.25) is 4.79 Å². The molecule has 0 radical (unpaired) electrons. The molecule has 0 heterocycles. The van der Waals surface area contributed by atoms with Gasteiger partial charge in [0, 0.05) is 10.2 Å². The minimum atomic E-state index is -1.08. The van der Waals surface area contributed by atoms with E-state index in [1.54, 1.807) is 0 Å². The molecule has 0 aliphatic rings. The van der Waals surface area contributed by atoms with Crippen molar-refractivity contribution in [1.82, 2.24) is 0 Å². The molecule has 2 aromatic carbocycles. The molecule has 0 saturated heterocycles. The van der Waals surface area contributed by atoms with E-state index in [2.05, 4.69) is 21.2 Å². The summed E-state index contributed by atoms with van der Waals surface area (Å²) in [6.45, 7) is 1.40. The zero-order chi connectivity index (χ0) is 17.0. The minimum Gasteiger partial charge on any atom is -0.449 e. The Balaban J connectivity index is 2.00. The number of carbonyl (C=O) groups is 2. The lowest BCUT2D eigenvalue weighted by molar-refractivity contribution is -0.123. The van der Waals surface area contributed by atoms with Crippen molar-refractivity contribution in [3.8, 4) is 0 Å². The van der Waals surface area contributed by atoms with Gasteiger partial charge in [-0.05, 0) is 65.3 Å². The van der Waals surface area contributed by atoms with Gasteiger partial charge in [0.05, 0.1) is 5.56 Å². The van der Waals surface area contributed by atoms with Gasteiger partial charge in [0.15, 0.2) is 6.10 Å². The second-order valence-electron chi connectivity index (χ2n) is 4.67. The molecule has 0 aromatic heterocycles. The topological polar surface area (TPSA) is 55.4 Å². The first-order valence-corrected chi connectivity index (χ1v) is 7.38. The van der Waals surface area contributed by atoms with E-state index in [1.807, 2.05) is 0 Å². The summed E-state index contributed by atoms with van der Waals surface area (Å²) in [6.07, 6.45) is -1.08. The van der Waals surface area contributed by atoms with E-state index in [4.69, 9.17) is 4.74 Å². The Morgan fingerprint density at radius 3 is 2.30 bits per heavy atom. The second-order valence-corrected chi connectivity index (χ2v) is 5.52. The van der Waals surface area contributed by atoms with Crippen molar-refractivity contribution in [3.63, 3.8) is 0 Å². The molecule has 0 bridgehead atoms. The zero-order valence-electron chi connectivity index (χ0n) is 12.0. The number of halogens is 3. The van der Waals surface area contributed by atoms with E-state index >= 15 is 0 Å². The molecule has 7 heteroatoms. The summed E-state index contributed by atoms with van der Waals surface area (Å²) in [5.74, 6) is -2.26. The summed E-state index contributed by atoms with van der Waals surface area (Å²) in [5.41, 5.74) is 0.482. The molecule has 23 heavy (non-hydrogen) atoms. The van der Waals surface area contributed by atoms with E-state index in [0.717, 1.165) is 12.1 Å². The van der Waals surface area contributed by atoms with Crippen LogP contribution in [0.1, 0.15) is 17.3 Å². The predicted molar refractivity (Wildman–Crippen MR) is 84.0 cm³/mol. The normalized spacial score (nSPS) is 11.7. The quantitative estimate of drug-likeness (QED) is 0.814. The van der Waals surface area contributed by atoms with Crippen LogP contribution in [0.4, 0.5) is 14.5 Å². The molecule has 0 saturated carbocycles. The highest BCUT2D eigenvalue weighted by Gasteiger charge is 2.20. The SMILES string of the molecule is C[C@@H](OC(=O)c1ccc(F)cc1Br)C(=O)Nc1ccc(F)cc1. The van der Waals surface area contributed by atoms with Crippen LogP contribution < -0.4 is 5.32 Å². The predicted octanol–water partition coefficient (Wildman–Crippen LogP) is 3.91. The molecular weight excluding hydrogens is 372 g/mol. The molecule has 2 aromatic rings. The Morgan fingerprint density at radius 1 is 1.09 bits per heavy atom. The first-order chi connectivity index (χ1) is 10.9. The van der Waals surface area contributed by atoms with Gasteiger partial charge in [-0.2, -0.15) is 0 Å². The number of benzene rings is 2. The van der Waals surface area contributed by atoms with Crippen LogP contribution >= 0.6 is 15.9 Å². The van der Waals surface area contributed by atoms with Gasteiger partial charge in [0.2, 0.25) is 0 Å². The monoisotopic (exact) mass is 383 g/mol. The Hall–Kier alpha value is -2.28. The number of ether oxygens (including phenoxy) is 1. The first kappa shape index (κ1) is 17.1. The molecule has 4 nitrogen and oxygen atoms in total. The Bertz CT molecular complexity index is 735. The third-order valence-electron chi connectivity index (χ3n) is 2.92. The van der Waals surface area contributed by atoms with Crippen molar-refractivity contribution in [2.45, 2.75) is 13.0 Å². The molecule has 0 fully saturated rings. The summed E-state index contributed by atoms with van der Waals surface area (Å²) in [4.78, 5) is 23.9.